The summed E-state index contributed by atoms with van der Waals surface area (Å²) >= 11 is 0. The van der Waals surface area contributed by atoms with Crippen molar-refractivity contribution in [1.82, 2.24) is 5.32 Å². The van der Waals surface area contributed by atoms with Gasteiger partial charge in [0.05, 0.1) is 20.1 Å². The van der Waals surface area contributed by atoms with E-state index in [1.165, 1.54) is 7.11 Å². The lowest BCUT2D eigenvalue weighted by Crippen LogP contribution is -2.39. The maximum Gasteiger partial charge on any atom is 0.325 e. The Kier molecular flexibility index (Phi) is 6.33. The second kappa shape index (κ2) is 9.09. The van der Waals surface area contributed by atoms with Gasteiger partial charge in [0.25, 0.3) is 5.91 Å². The number of ether oxygens (including phenoxy) is 3. The van der Waals surface area contributed by atoms with E-state index < -0.39 is 11.9 Å². The molecule has 0 spiro atoms. The minimum absolute atomic E-state index is 0.184. The van der Waals surface area contributed by atoms with Gasteiger partial charge in [-0.05, 0) is 54.4 Å². The van der Waals surface area contributed by atoms with E-state index in [0.717, 1.165) is 5.56 Å². The maximum atomic E-state index is 12.4. The van der Waals surface area contributed by atoms with Gasteiger partial charge in [0.1, 0.15) is 24.7 Å². The summed E-state index contributed by atoms with van der Waals surface area (Å²) < 4.78 is 15.3. The fourth-order valence-electron chi connectivity index (χ4n) is 2.96. The van der Waals surface area contributed by atoms with Gasteiger partial charge in [-0.25, -0.2) is 0 Å². The van der Waals surface area contributed by atoms with Crippen molar-refractivity contribution in [1.29, 1.82) is 0 Å². The van der Waals surface area contributed by atoms with Crippen LogP contribution in [0.4, 0.5) is 5.69 Å². The van der Waals surface area contributed by atoms with E-state index in [0.29, 0.717) is 29.2 Å². The average Bonchev–Trinajstić information content (AvgIpc) is 2.76. The van der Waals surface area contributed by atoms with E-state index in [4.69, 9.17) is 9.47 Å². The SMILES string of the molecule is COC(=O)CNC(=O)[C@H]1COc2ccc(NC(=O)c3ccc(OC)cc3)cc2C1. The first-order chi connectivity index (χ1) is 14.0. The van der Waals surface area contributed by atoms with Crippen LogP contribution in [0.25, 0.3) is 0 Å². The molecular formula is C21H22N2O6. The van der Waals surface area contributed by atoms with Crippen LogP contribution < -0.4 is 20.1 Å². The Morgan fingerprint density at radius 1 is 1.10 bits per heavy atom. The highest BCUT2D eigenvalue weighted by atomic mass is 16.5. The van der Waals surface area contributed by atoms with Crippen molar-refractivity contribution in [3.63, 3.8) is 0 Å². The van der Waals surface area contributed by atoms with Crippen molar-refractivity contribution in [3.8, 4) is 11.5 Å². The van der Waals surface area contributed by atoms with Gasteiger partial charge in [-0.1, -0.05) is 0 Å². The molecule has 2 N–H and O–H groups in total. The number of hydrogen-bond acceptors (Lipinski definition) is 6. The number of anilines is 1. The summed E-state index contributed by atoms with van der Waals surface area (Å²) in [7, 11) is 2.82. The van der Waals surface area contributed by atoms with Crippen molar-refractivity contribution in [3.05, 3.63) is 53.6 Å². The number of amides is 2. The summed E-state index contributed by atoms with van der Waals surface area (Å²) in [6.45, 7) is 0.0359. The molecule has 0 aliphatic carbocycles. The standard InChI is InChI=1S/C21H22N2O6/c1-27-17-6-3-13(4-7-17)21(26)23-16-5-8-18-14(10-16)9-15(12-29-18)20(25)22-11-19(24)28-2/h3-8,10,15H,9,11-12H2,1-2H3,(H,22,25)(H,23,26)/t15-/m1/s1. The lowest BCUT2D eigenvalue weighted by molar-refractivity contribution is -0.141. The zero-order chi connectivity index (χ0) is 20.8. The summed E-state index contributed by atoms with van der Waals surface area (Å²) in [6, 6.07) is 12.1. The Hall–Kier alpha value is -3.55. The summed E-state index contributed by atoms with van der Waals surface area (Å²) in [4.78, 5) is 35.9. The number of nitrogens with one attached hydrogen (secondary N) is 2. The van der Waals surface area contributed by atoms with Crippen LogP contribution in [0, 0.1) is 5.92 Å². The third-order valence-corrected chi connectivity index (χ3v) is 4.58. The van der Waals surface area contributed by atoms with Crippen LogP contribution in [0.3, 0.4) is 0 Å². The van der Waals surface area contributed by atoms with Crippen LogP contribution in [0.15, 0.2) is 42.5 Å². The monoisotopic (exact) mass is 398 g/mol. The molecule has 1 heterocycles. The highest BCUT2D eigenvalue weighted by Gasteiger charge is 2.26. The zero-order valence-corrected chi connectivity index (χ0v) is 16.2. The lowest BCUT2D eigenvalue weighted by Gasteiger charge is -2.25. The van der Waals surface area contributed by atoms with Gasteiger partial charge in [0.2, 0.25) is 5.91 Å². The summed E-state index contributed by atoms with van der Waals surface area (Å²) in [5.74, 6) is -0.141. The molecule has 1 atom stereocenters. The minimum Gasteiger partial charge on any atom is -0.497 e. The van der Waals surface area contributed by atoms with Gasteiger partial charge < -0.3 is 24.8 Å². The highest BCUT2D eigenvalue weighted by Crippen LogP contribution is 2.30. The van der Waals surface area contributed by atoms with E-state index in [-0.39, 0.29) is 25.0 Å². The first-order valence-corrected chi connectivity index (χ1v) is 9.06. The van der Waals surface area contributed by atoms with Crippen molar-refractivity contribution in [2.75, 3.05) is 32.7 Å². The molecular weight excluding hydrogens is 376 g/mol. The number of methoxy groups -OCH3 is 2. The van der Waals surface area contributed by atoms with Crippen LogP contribution in [0.1, 0.15) is 15.9 Å². The van der Waals surface area contributed by atoms with Crippen molar-refractivity contribution in [2.24, 2.45) is 5.92 Å². The molecule has 0 aromatic heterocycles. The van der Waals surface area contributed by atoms with Gasteiger partial charge in [-0.2, -0.15) is 0 Å². The molecule has 2 amide bonds. The summed E-state index contributed by atoms with van der Waals surface area (Å²) in [5.41, 5.74) is 1.91. The molecule has 0 saturated heterocycles. The highest BCUT2D eigenvalue weighted by molar-refractivity contribution is 6.04. The van der Waals surface area contributed by atoms with Gasteiger partial charge in [0, 0.05) is 11.3 Å². The number of esters is 1. The topological polar surface area (TPSA) is 103 Å². The fraction of sp³-hybridized carbons (Fsp3) is 0.286. The molecule has 3 rings (SSSR count). The molecule has 8 nitrogen and oxygen atoms in total. The maximum absolute atomic E-state index is 12.4. The van der Waals surface area contributed by atoms with Crippen molar-refractivity contribution < 1.29 is 28.6 Å². The van der Waals surface area contributed by atoms with E-state index in [1.807, 2.05) is 0 Å². The molecule has 0 unspecified atom stereocenters. The second-order valence-electron chi connectivity index (χ2n) is 6.51. The van der Waals surface area contributed by atoms with E-state index in [1.54, 1.807) is 49.6 Å². The molecule has 8 heteroatoms. The molecule has 1 aliphatic heterocycles. The third-order valence-electron chi connectivity index (χ3n) is 4.58. The van der Waals surface area contributed by atoms with Gasteiger partial charge >= 0.3 is 5.97 Å². The molecule has 0 fully saturated rings. The molecule has 2 aromatic rings. The smallest absolute Gasteiger partial charge is 0.325 e. The van der Waals surface area contributed by atoms with E-state index >= 15 is 0 Å². The van der Waals surface area contributed by atoms with Gasteiger partial charge in [0.15, 0.2) is 0 Å². The number of carbonyl (C=O) groups excluding carboxylic acids is 3. The molecule has 29 heavy (non-hydrogen) atoms. The predicted octanol–water partition coefficient (Wildman–Crippen LogP) is 1.79. The number of fused-ring (bicyclic) bond motifs is 1. The first-order valence-electron chi connectivity index (χ1n) is 9.06. The average molecular weight is 398 g/mol. The van der Waals surface area contributed by atoms with E-state index in [9.17, 15) is 14.4 Å². The lowest BCUT2D eigenvalue weighted by atomic mass is 9.95. The number of hydrogen-bond donors (Lipinski definition) is 2. The normalized spacial score (nSPS) is 14.8. The zero-order valence-electron chi connectivity index (χ0n) is 16.2. The summed E-state index contributed by atoms with van der Waals surface area (Å²) in [6.07, 6.45) is 0.439. The number of rotatable bonds is 6. The van der Waals surface area contributed by atoms with Crippen LogP contribution in [-0.2, 0) is 20.7 Å². The van der Waals surface area contributed by atoms with Crippen LogP contribution in [-0.4, -0.2) is 45.2 Å². The Morgan fingerprint density at radius 3 is 2.55 bits per heavy atom. The molecule has 0 saturated carbocycles. The van der Waals surface area contributed by atoms with Crippen LogP contribution >= 0.6 is 0 Å². The fourth-order valence-corrected chi connectivity index (χ4v) is 2.96. The number of carbonyl (C=O) groups is 3. The molecule has 152 valence electrons. The van der Waals surface area contributed by atoms with Crippen molar-refractivity contribution in [2.45, 2.75) is 6.42 Å². The summed E-state index contributed by atoms with van der Waals surface area (Å²) in [5, 5.41) is 5.38. The van der Waals surface area contributed by atoms with E-state index in [2.05, 4.69) is 15.4 Å². The number of benzene rings is 2. The largest absolute Gasteiger partial charge is 0.497 e. The quantitative estimate of drug-likeness (QED) is 0.719. The minimum atomic E-state index is -0.515. The Balaban J connectivity index is 1.65. The van der Waals surface area contributed by atoms with Crippen molar-refractivity contribution >= 4 is 23.5 Å². The third kappa shape index (κ3) is 5.04. The molecule has 0 radical (unpaired) electrons. The molecule has 2 aromatic carbocycles. The second-order valence-corrected chi connectivity index (χ2v) is 6.51. The molecule has 1 aliphatic rings. The predicted molar refractivity (Wildman–Crippen MR) is 105 cm³/mol. The van der Waals surface area contributed by atoms with Gasteiger partial charge in [-0.3, -0.25) is 14.4 Å². The van der Waals surface area contributed by atoms with Gasteiger partial charge in [-0.15, -0.1) is 0 Å². The Labute approximate surface area is 168 Å². The Morgan fingerprint density at radius 2 is 1.86 bits per heavy atom. The molecule has 0 bridgehead atoms. The van der Waals surface area contributed by atoms with Crippen LogP contribution in [0.5, 0.6) is 11.5 Å². The first kappa shape index (κ1) is 20.2. The van der Waals surface area contributed by atoms with Crippen LogP contribution in [0.2, 0.25) is 0 Å². The Bertz CT molecular complexity index is 910.